The third-order valence-corrected chi connectivity index (χ3v) is 6.01. The second kappa shape index (κ2) is 10.2. The molecule has 1 heterocycles. The van der Waals surface area contributed by atoms with Crippen molar-refractivity contribution in [2.75, 3.05) is 33.3 Å². The monoisotopic (exact) mass is 444 g/mol. The van der Waals surface area contributed by atoms with Gasteiger partial charge < -0.3 is 10.1 Å². The summed E-state index contributed by atoms with van der Waals surface area (Å²) >= 11 is 3.45. The van der Waals surface area contributed by atoms with Gasteiger partial charge >= 0.3 is 0 Å². The first-order valence-electron chi connectivity index (χ1n) is 9.96. The number of hydrogen-bond donors (Lipinski definition) is 1. The Hall–Kier alpha value is -1.69. The van der Waals surface area contributed by atoms with Crippen LogP contribution in [0.5, 0.6) is 5.75 Å². The van der Waals surface area contributed by atoms with Crippen LogP contribution in [0.15, 0.2) is 46.9 Å². The van der Waals surface area contributed by atoms with E-state index in [1.54, 1.807) is 7.11 Å². The van der Waals surface area contributed by atoms with Crippen LogP contribution < -0.4 is 10.1 Å². The van der Waals surface area contributed by atoms with E-state index in [0.29, 0.717) is 18.2 Å². The molecule has 0 amide bonds. The standard InChI is InChI=1S/C23H29BrN2O2/c1-17-6-8-18(9-7-17)21(26-12-4-3-5-13-26)15-25-16-22(27)19-10-11-23(28-2)20(24)14-19/h6-11,14,21,25H,3-5,12-13,15-16H2,1-2H3. The van der Waals surface area contributed by atoms with Crippen LogP contribution >= 0.6 is 15.9 Å². The molecule has 2 aromatic carbocycles. The Balaban J connectivity index is 1.63. The van der Waals surface area contributed by atoms with Crippen LogP contribution in [0, 0.1) is 6.92 Å². The summed E-state index contributed by atoms with van der Waals surface area (Å²) in [5.74, 6) is 0.818. The molecule has 2 aromatic rings. The zero-order valence-corrected chi connectivity index (χ0v) is 18.3. The number of hydrogen-bond acceptors (Lipinski definition) is 4. The van der Waals surface area contributed by atoms with E-state index in [2.05, 4.69) is 57.3 Å². The molecule has 0 spiro atoms. The molecule has 150 valence electrons. The molecule has 1 aliphatic heterocycles. The van der Waals surface area contributed by atoms with Gasteiger partial charge in [-0.3, -0.25) is 9.69 Å². The maximum absolute atomic E-state index is 12.6. The molecule has 0 saturated carbocycles. The minimum absolute atomic E-state index is 0.0876. The van der Waals surface area contributed by atoms with E-state index < -0.39 is 0 Å². The minimum atomic E-state index is 0.0876. The first-order valence-corrected chi connectivity index (χ1v) is 10.8. The zero-order valence-electron chi connectivity index (χ0n) is 16.7. The molecule has 1 unspecified atom stereocenters. The normalized spacial score (nSPS) is 16.0. The largest absolute Gasteiger partial charge is 0.496 e. The SMILES string of the molecule is COc1ccc(C(=O)CNCC(c2ccc(C)cc2)N2CCCCC2)cc1Br. The molecule has 1 aliphatic rings. The third kappa shape index (κ3) is 5.43. The Bertz CT molecular complexity index is 786. The van der Waals surface area contributed by atoms with E-state index in [-0.39, 0.29) is 5.78 Å². The van der Waals surface area contributed by atoms with Crippen LogP contribution in [0.4, 0.5) is 0 Å². The van der Waals surface area contributed by atoms with Gasteiger partial charge in [0.1, 0.15) is 5.75 Å². The number of ether oxygens (including phenoxy) is 1. The molecule has 1 fully saturated rings. The molecular weight excluding hydrogens is 416 g/mol. The summed E-state index contributed by atoms with van der Waals surface area (Å²) in [6.45, 7) is 5.46. The van der Waals surface area contributed by atoms with E-state index in [1.807, 2.05) is 18.2 Å². The number of rotatable bonds is 8. The van der Waals surface area contributed by atoms with Crippen LogP contribution in [0.3, 0.4) is 0 Å². The Morgan fingerprint density at radius 2 is 1.86 bits per heavy atom. The molecule has 4 nitrogen and oxygen atoms in total. The van der Waals surface area contributed by atoms with Gasteiger partial charge in [-0.15, -0.1) is 0 Å². The molecule has 1 N–H and O–H groups in total. The average molecular weight is 445 g/mol. The maximum atomic E-state index is 12.6. The van der Waals surface area contributed by atoms with Crippen molar-refractivity contribution in [3.8, 4) is 5.75 Å². The minimum Gasteiger partial charge on any atom is -0.496 e. The number of ketones is 1. The lowest BCUT2D eigenvalue weighted by Crippen LogP contribution is -2.40. The van der Waals surface area contributed by atoms with E-state index in [0.717, 1.165) is 29.9 Å². The zero-order chi connectivity index (χ0) is 19.9. The Morgan fingerprint density at radius 1 is 1.14 bits per heavy atom. The molecule has 0 bridgehead atoms. The average Bonchev–Trinajstić information content (AvgIpc) is 2.72. The highest BCUT2D eigenvalue weighted by Crippen LogP contribution is 2.26. The van der Waals surface area contributed by atoms with Gasteiger partial charge in [0.25, 0.3) is 0 Å². The number of nitrogens with zero attached hydrogens (tertiary/aromatic N) is 1. The van der Waals surface area contributed by atoms with E-state index in [9.17, 15) is 4.79 Å². The van der Waals surface area contributed by atoms with Gasteiger partial charge in [-0.1, -0.05) is 36.2 Å². The van der Waals surface area contributed by atoms with Crippen molar-refractivity contribution in [1.82, 2.24) is 10.2 Å². The van der Waals surface area contributed by atoms with Gasteiger partial charge in [0.2, 0.25) is 0 Å². The predicted molar refractivity (Wildman–Crippen MR) is 117 cm³/mol. The number of halogens is 1. The Morgan fingerprint density at radius 3 is 2.50 bits per heavy atom. The molecular formula is C23H29BrN2O2. The number of likely N-dealkylation sites (tertiary alicyclic amines) is 1. The summed E-state index contributed by atoms with van der Waals surface area (Å²) in [5, 5.41) is 3.40. The number of nitrogens with one attached hydrogen (secondary N) is 1. The number of Topliss-reactive ketones (excluding diaryl/α,β-unsaturated/α-hetero) is 1. The van der Waals surface area contributed by atoms with E-state index in [1.165, 1.54) is 30.4 Å². The second-order valence-corrected chi connectivity index (χ2v) is 8.28. The number of aryl methyl sites for hydroxylation is 1. The summed E-state index contributed by atoms with van der Waals surface area (Å²) < 4.78 is 6.04. The number of piperidine rings is 1. The molecule has 0 aromatic heterocycles. The van der Waals surface area contributed by atoms with Crippen molar-refractivity contribution < 1.29 is 9.53 Å². The predicted octanol–water partition coefficient (Wildman–Crippen LogP) is 4.77. The quantitative estimate of drug-likeness (QED) is 0.595. The van der Waals surface area contributed by atoms with Crippen LogP contribution in [-0.4, -0.2) is 44.0 Å². The molecule has 0 radical (unpaired) electrons. The highest BCUT2D eigenvalue weighted by Gasteiger charge is 2.22. The van der Waals surface area contributed by atoms with Crippen molar-refractivity contribution in [3.63, 3.8) is 0 Å². The summed E-state index contributed by atoms with van der Waals surface area (Å²) in [6.07, 6.45) is 3.82. The number of carbonyl (C=O) groups excluding carboxylic acids is 1. The topological polar surface area (TPSA) is 41.6 Å². The third-order valence-electron chi connectivity index (χ3n) is 5.39. The number of methoxy groups -OCH3 is 1. The van der Waals surface area contributed by atoms with Gasteiger partial charge in [-0.25, -0.2) is 0 Å². The lowest BCUT2D eigenvalue weighted by molar-refractivity contribution is 0.0983. The molecule has 5 heteroatoms. The molecule has 3 rings (SSSR count). The highest BCUT2D eigenvalue weighted by atomic mass is 79.9. The summed E-state index contributed by atoms with van der Waals surface area (Å²) in [4.78, 5) is 15.1. The smallest absolute Gasteiger partial charge is 0.176 e. The van der Waals surface area contributed by atoms with Crippen molar-refractivity contribution in [1.29, 1.82) is 0 Å². The van der Waals surface area contributed by atoms with Gasteiger partial charge in [0, 0.05) is 18.2 Å². The lowest BCUT2D eigenvalue weighted by Gasteiger charge is -2.35. The lowest BCUT2D eigenvalue weighted by atomic mass is 10.0. The number of carbonyl (C=O) groups is 1. The fourth-order valence-electron chi connectivity index (χ4n) is 3.74. The fourth-order valence-corrected chi connectivity index (χ4v) is 4.28. The maximum Gasteiger partial charge on any atom is 0.176 e. The van der Waals surface area contributed by atoms with Crippen molar-refractivity contribution >= 4 is 21.7 Å². The van der Waals surface area contributed by atoms with E-state index in [4.69, 9.17) is 4.74 Å². The highest BCUT2D eigenvalue weighted by molar-refractivity contribution is 9.10. The first kappa shape index (κ1) is 21.0. The van der Waals surface area contributed by atoms with Crippen LogP contribution in [0.1, 0.15) is 46.8 Å². The van der Waals surface area contributed by atoms with E-state index >= 15 is 0 Å². The summed E-state index contributed by atoms with van der Waals surface area (Å²) in [7, 11) is 1.62. The van der Waals surface area contributed by atoms with Gasteiger partial charge in [-0.2, -0.15) is 0 Å². The van der Waals surface area contributed by atoms with Crippen molar-refractivity contribution in [2.24, 2.45) is 0 Å². The Kier molecular flexibility index (Phi) is 7.65. The van der Waals surface area contributed by atoms with Crippen LogP contribution in [0.25, 0.3) is 0 Å². The Labute approximate surface area is 176 Å². The van der Waals surface area contributed by atoms with Crippen LogP contribution in [-0.2, 0) is 0 Å². The molecule has 1 saturated heterocycles. The molecule has 1 atom stereocenters. The first-order chi connectivity index (χ1) is 13.6. The molecule has 28 heavy (non-hydrogen) atoms. The summed E-state index contributed by atoms with van der Waals surface area (Å²) in [5.41, 5.74) is 3.28. The van der Waals surface area contributed by atoms with Gasteiger partial charge in [-0.05, 0) is 72.5 Å². The van der Waals surface area contributed by atoms with Crippen molar-refractivity contribution in [2.45, 2.75) is 32.2 Å². The fraction of sp³-hybridized carbons (Fsp3) is 0.435. The molecule has 0 aliphatic carbocycles. The second-order valence-electron chi connectivity index (χ2n) is 7.43. The van der Waals surface area contributed by atoms with Crippen LogP contribution in [0.2, 0.25) is 0 Å². The number of benzene rings is 2. The van der Waals surface area contributed by atoms with Gasteiger partial charge in [0.05, 0.1) is 18.1 Å². The van der Waals surface area contributed by atoms with Crippen molar-refractivity contribution in [3.05, 3.63) is 63.6 Å². The summed E-state index contributed by atoms with van der Waals surface area (Å²) in [6, 6.07) is 14.5. The van der Waals surface area contributed by atoms with Gasteiger partial charge in [0.15, 0.2) is 5.78 Å².